The molecular formula is C18H24BF2NO3. The van der Waals surface area contributed by atoms with Gasteiger partial charge in [-0.3, -0.25) is 4.79 Å². The van der Waals surface area contributed by atoms with Crippen LogP contribution >= 0.6 is 0 Å². The first kappa shape index (κ1) is 19.6. The third-order valence-corrected chi connectivity index (χ3v) is 4.64. The van der Waals surface area contributed by atoms with E-state index in [9.17, 15) is 13.6 Å². The van der Waals surface area contributed by atoms with Crippen molar-refractivity contribution in [1.82, 2.24) is 5.32 Å². The molecule has 2 rings (SSSR count). The van der Waals surface area contributed by atoms with Crippen LogP contribution in [-0.2, 0) is 14.1 Å². The molecule has 0 radical (unpaired) electrons. The van der Waals surface area contributed by atoms with Crippen LogP contribution in [0.25, 0.3) is 6.08 Å². The number of halogens is 2. The normalized spacial score (nSPS) is 19.4. The Bertz CT molecular complexity index is 641. The summed E-state index contributed by atoms with van der Waals surface area (Å²) in [6.07, 6.45) is -0.701. The van der Waals surface area contributed by atoms with E-state index in [1.54, 1.807) is 18.2 Å². The maximum absolute atomic E-state index is 12.7. The van der Waals surface area contributed by atoms with Gasteiger partial charge in [0.05, 0.1) is 11.2 Å². The third-order valence-electron chi connectivity index (χ3n) is 4.64. The third kappa shape index (κ3) is 4.67. The number of benzene rings is 1. The van der Waals surface area contributed by atoms with Crippen molar-refractivity contribution >= 4 is 19.1 Å². The Labute approximate surface area is 147 Å². The summed E-state index contributed by atoms with van der Waals surface area (Å²) in [6, 6.07) is 5.99. The van der Waals surface area contributed by atoms with Gasteiger partial charge in [-0.1, -0.05) is 30.3 Å². The maximum Gasteiger partial charge on any atom is 0.492 e. The fourth-order valence-corrected chi connectivity index (χ4v) is 2.38. The smallest absolute Gasteiger partial charge is 0.400 e. The van der Waals surface area contributed by atoms with E-state index in [0.29, 0.717) is 0 Å². The number of carbonyl (C=O) groups is 1. The molecule has 1 aliphatic rings. The second kappa shape index (κ2) is 7.26. The molecule has 0 atom stereocenters. The Morgan fingerprint density at radius 2 is 1.68 bits per heavy atom. The quantitative estimate of drug-likeness (QED) is 0.822. The Balaban J connectivity index is 2.28. The van der Waals surface area contributed by atoms with E-state index >= 15 is 0 Å². The fourth-order valence-electron chi connectivity index (χ4n) is 2.38. The molecule has 1 saturated heterocycles. The zero-order valence-electron chi connectivity index (χ0n) is 15.2. The second-order valence-corrected chi connectivity index (χ2v) is 7.18. The molecule has 0 saturated carbocycles. The second-order valence-electron chi connectivity index (χ2n) is 7.18. The van der Waals surface area contributed by atoms with Crippen molar-refractivity contribution in [2.75, 3.05) is 6.54 Å². The first-order valence-electron chi connectivity index (χ1n) is 8.20. The Morgan fingerprint density at radius 3 is 2.12 bits per heavy atom. The number of nitrogens with one attached hydrogen (secondary N) is 1. The summed E-state index contributed by atoms with van der Waals surface area (Å²) in [5.41, 5.74) is 0.410. The number of amides is 1. The standard InChI is InChI=1S/C18H24BF2NO3/c1-12(23)22-11-15(19-24-17(2,3)18(4,5)25-19)10-13-6-8-14(9-7-13)16(20)21/h6-10,16H,11H2,1-5H3,(H,22,23). The molecule has 136 valence electrons. The molecule has 1 aromatic carbocycles. The van der Waals surface area contributed by atoms with Crippen LogP contribution in [0, 0.1) is 0 Å². The van der Waals surface area contributed by atoms with Crippen molar-refractivity contribution < 1.29 is 22.9 Å². The topological polar surface area (TPSA) is 47.6 Å². The molecule has 0 bridgehead atoms. The highest BCUT2D eigenvalue weighted by atomic mass is 19.3. The summed E-state index contributed by atoms with van der Waals surface area (Å²) in [5.74, 6) is -0.171. The zero-order valence-corrected chi connectivity index (χ0v) is 15.2. The summed E-state index contributed by atoms with van der Waals surface area (Å²) in [7, 11) is -0.619. The highest BCUT2D eigenvalue weighted by molar-refractivity contribution is 6.56. The van der Waals surface area contributed by atoms with Crippen molar-refractivity contribution in [2.45, 2.75) is 52.2 Å². The molecule has 0 spiro atoms. The Kier molecular flexibility index (Phi) is 5.69. The first-order valence-corrected chi connectivity index (χ1v) is 8.20. The van der Waals surface area contributed by atoms with Crippen LogP contribution in [0.4, 0.5) is 8.78 Å². The van der Waals surface area contributed by atoms with Crippen LogP contribution in [0.1, 0.15) is 52.2 Å². The van der Waals surface area contributed by atoms with Crippen molar-refractivity contribution in [3.63, 3.8) is 0 Å². The summed E-state index contributed by atoms with van der Waals surface area (Å²) in [5, 5.41) is 2.74. The van der Waals surface area contributed by atoms with Gasteiger partial charge in [0, 0.05) is 19.0 Å². The molecule has 25 heavy (non-hydrogen) atoms. The molecule has 1 amide bonds. The number of hydrogen-bond acceptors (Lipinski definition) is 3. The van der Waals surface area contributed by atoms with E-state index in [-0.39, 0.29) is 18.0 Å². The molecule has 0 unspecified atom stereocenters. The van der Waals surface area contributed by atoms with Gasteiger partial charge in [-0.05, 0) is 38.7 Å². The minimum Gasteiger partial charge on any atom is -0.400 e. The lowest BCUT2D eigenvalue weighted by Gasteiger charge is -2.32. The number of carbonyl (C=O) groups excluding carboxylic acids is 1. The molecule has 7 heteroatoms. The lowest BCUT2D eigenvalue weighted by molar-refractivity contribution is -0.118. The average molecular weight is 351 g/mol. The summed E-state index contributed by atoms with van der Waals surface area (Å²) in [4.78, 5) is 11.3. The maximum atomic E-state index is 12.7. The van der Waals surface area contributed by atoms with Crippen LogP contribution in [0.5, 0.6) is 0 Å². The van der Waals surface area contributed by atoms with Crippen molar-refractivity contribution in [2.24, 2.45) is 0 Å². The van der Waals surface area contributed by atoms with Crippen molar-refractivity contribution in [3.8, 4) is 0 Å². The van der Waals surface area contributed by atoms with Gasteiger partial charge in [-0.2, -0.15) is 0 Å². The van der Waals surface area contributed by atoms with Gasteiger partial charge in [0.1, 0.15) is 0 Å². The summed E-state index contributed by atoms with van der Waals surface area (Å²) in [6.45, 7) is 9.46. The lowest BCUT2D eigenvalue weighted by Crippen LogP contribution is -2.41. The molecule has 1 heterocycles. The number of hydrogen-bond donors (Lipinski definition) is 1. The van der Waals surface area contributed by atoms with Gasteiger partial charge >= 0.3 is 7.12 Å². The predicted octanol–water partition coefficient (Wildman–Crippen LogP) is 3.78. The highest BCUT2D eigenvalue weighted by Crippen LogP contribution is 2.38. The average Bonchev–Trinajstić information content (AvgIpc) is 2.72. The van der Waals surface area contributed by atoms with Crippen molar-refractivity contribution in [3.05, 3.63) is 40.9 Å². The van der Waals surface area contributed by atoms with Gasteiger partial charge in [0.25, 0.3) is 6.43 Å². The summed E-state index contributed by atoms with van der Waals surface area (Å²) >= 11 is 0. The van der Waals surface area contributed by atoms with Gasteiger partial charge in [0.15, 0.2) is 0 Å². The molecular weight excluding hydrogens is 327 g/mol. The van der Waals surface area contributed by atoms with Gasteiger partial charge < -0.3 is 14.6 Å². The van der Waals surface area contributed by atoms with Crippen LogP contribution in [-0.4, -0.2) is 30.8 Å². The molecule has 1 N–H and O–H groups in total. The van der Waals surface area contributed by atoms with Gasteiger partial charge in [-0.25, -0.2) is 8.78 Å². The molecule has 1 fully saturated rings. The van der Waals surface area contributed by atoms with Crippen LogP contribution in [0.3, 0.4) is 0 Å². The predicted molar refractivity (Wildman–Crippen MR) is 94.1 cm³/mol. The molecule has 0 aliphatic carbocycles. The number of rotatable bonds is 5. The van der Waals surface area contributed by atoms with Crippen molar-refractivity contribution in [1.29, 1.82) is 0 Å². The highest BCUT2D eigenvalue weighted by Gasteiger charge is 2.52. The molecule has 4 nitrogen and oxygen atoms in total. The van der Waals surface area contributed by atoms with Crippen LogP contribution in [0.15, 0.2) is 29.7 Å². The molecule has 1 aliphatic heterocycles. The SMILES string of the molecule is CC(=O)NCC(=Cc1ccc(C(F)F)cc1)B1OC(C)(C)C(C)(C)O1. The molecule has 0 aromatic heterocycles. The monoisotopic (exact) mass is 351 g/mol. The largest absolute Gasteiger partial charge is 0.492 e. The zero-order chi connectivity index (χ0) is 18.8. The molecule has 1 aromatic rings. The van der Waals surface area contributed by atoms with E-state index in [1.807, 2.05) is 27.7 Å². The van der Waals surface area contributed by atoms with E-state index in [0.717, 1.165) is 11.0 Å². The van der Waals surface area contributed by atoms with Gasteiger partial charge in [-0.15, -0.1) is 0 Å². The van der Waals surface area contributed by atoms with E-state index in [2.05, 4.69) is 5.32 Å². The van der Waals surface area contributed by atoms with E-state index in [1.165, 1.54) is 19.1 Å². The minimum absolute atomic E-state index is 0.0313. The van der Waals surface area contributed by atoms with Crippen LogP contribution in [0.2, 0.25) is 0 Å². The Hall–Kier alpha value is -1.73. The van der Waals surface area contributed by atoms with Gasteiger partial charge in [0.2, 0.25) is 5.91 Å². The number of alkyl halides is 2. The lowest BCUT2D eigenvalue weighted by atomic mass is 9.77. The fraction of sp³-hybridized carbons (Fsp3) is 0.500. The first-order chi connectivity index (χ1) is 11.5. The van der Waals surface area contributed by atoms with E-state index < -0.39 is 24.7 Å². The van der Waals surface area contributed by atoms with E-state index in [4.69, 9.17) is 9.31 Å². The minimum atomic E-state index is -2.50. The van der Waals surface area contributed by atoms with Crippen LogP contribution < -0.4 is 5.32 Å². The Morgan fingerprint density at radius 1 is 1.16 bits per heavy atom. The summed E-state index contributed by atoms with van der Waals surface area (Å²) < 4.78 is 37.4.